The molecular formula is C19H24N4O4S. The summed E-state index contributed by atoms with van der Waals surface area (Å²) >= 11 is 1.39. The minimum Gasteiger partial charge on any atom is -0.495 e. The quantitative estimate of drug-likeness (QED) is 0.566. The average Bonchev–Trinajstić information content (AvgIpc) is 3.21. The lowest BCUT2D eigenvalue weighted by atomic mass is 10.2. The number of carbonyl (C=O) groups is 1. The zero-order valence-corrected chi connectivity index (χ0v) is 17.5. The molecule has 0 bridgehead atoms. The van der Waals surface area contributed by atoms with Crippen LogP contribution in [0.15, 0.2) is 23.3 Å². The predicted octanol–water partition coefficient (Wildman–Crippen LogP) is 2.54. The largest absolute Gasteiger partial charge is 0.495 e. The fraction of sp³-hybridized carbons (Fsp3) is 0.421. The molecule has 28 heavy (non-hydrogen) atoms. The van der Waals surface area contributed by atoms with E-state index in [1.54, 1.807) is 32.1 Å². The topological polar surface area (TPSA) is 79.9 Å². The summed E-state index contributed by atoms with van der Waals surface area (Å²) in [6.07, 6.45) is 1.66. The number of aromatic nitrogens is 3. The van der Waals surface area contributed by atoms with E-state index < -0.39 is 0 Å². The summed E-state index contributed by atoms with van der Waals surface area (Å²) in [5.74, 6) is 1.05. The summed E-state index contributed by atoms with van der Waals surface area (Å²) in [5.41, 5.74) is 2.08. The molecule has 150 valence electrons. The van der Waals surface area contributed by atoms with Gasteiger partial charge in [0.2, 0.25) is 0 Å². The van der Waals surface area contributed by atoms with E-state index in [-0.39, 0.29) is 5.91 Å². The minimum absolute atomic E-state index is 0.341. The van der Waals surface area contributed by atoms with Crippen molar-refractivity contribution in [2.24, 2.45) is 12.0 Å². The number of ether oxygens (including phenoxy) is 3. The van der Waals surface area contributed by atoms with Crippen LogP contribution in [0.25, 0.3) is 10.2 Å². The van der Waals surface area contributed by atoms with Gasteiger partial charge in [0.25, 0.3) is 5.91 Å². The second kappa shape index (κ2) is 8.57. The summed E-state index contributed by atoms with van der Waals surface area (Å²) in [7, 11) is 4.97. The molecule has 0 spiro atoms. The number of nitrogens with zero attached hydrogens (tertiary/aromatic N) is 4. The first-order valence-electron chi connectivity index (χ1n) is 8.91. The second-order valence-corrected chi connectivity index (χ2v) is 7.08. The van der Waals surface area contributed by atoms with Gasteiger partial charge in [-0.1, -0.05) is 11.3 Å². The number of hydrogen-bond donors (Lipinski definition) is 0. The Morgan fingerprint density at radius 3 is 2.57 bits per heavy atom. The number of thiazole rings is 1. The molecule has 2 aromatic heterocycles. The first kappa shape index (κ1) is 20.1. The lowest BCUT2D eigenvalue weighted by Gasteiger charge is -2.10. The van der Waals surface area contributed by atoms with Crippen LogP contribution in [0.5, 0.6) is 11.5 Å². The SMILES string of the molecule is CCOCCn1c(=NC(=O)c2c(C)cnn2C)sc2c(OC)ccc(OC)c21. The maximum Gasteiger partial charge on any atom is 0.298 e. The number of aryl methyl sites for hydroxylation is 2. The van der Waals surface area contributed by atoms with Crippen LogP contribution in [0.4, 0.5) is 0 Å². The third-order valence-electron chi connectivity index (χ3n) is 4.38. The van der Waals surface area contributed by atoms with Crippen molar-refractivity contribution in [3.8, 4) is 11.5 Å². The van der Waals surface area contributed by atoms with E-state index in [1.165, 1.54) is 11.3 Å². The van der Waals surface area contributed by atoms with Crippen molar-refractivity contribution in [2.45, 2.75) is 20.4 Å². The fourth-order valence-electron chi connectivity index (χ4n) is 3.04. The molecule has 3 aromatic rings. The molecule has 1 amide bonds. The van der Waals surface area contributed by atoms with Crippen LogP contribution in [0.2, 0.25) is 0 Å². The average molecular weight is 404 g/mol. The Balaban J connectivity index is 2.23. The van der Waals surface area contributed by atoms with E-state index in [1.807, 2.05) is 30.5 Å². The van der Waals surface area contributed by atoms with Crippen LogP contribution >= 0.6 is 11.3 Å². The number of fused-ring (bicyclic) bond motifs is 1. The third-order valence-corrected chi connectivity index (χ3v) is 5.47. The molecule has 8 nitrogen and oxygen atoms in total. The van der Waals surface area contributed by atoms with Crippen LogP contribution in [0, 0.1) is 6.92 Å². The van der Waals surface area contributed by atoms with Crippen LogP contribution in [-0.2, 0) is 18.3 Å². The van der Waals surface area contributed by atoms with Crippen molar-refractivity contribution in [1.29, 1.82) is 0 Å². The van der Waals surface area contributed by atoms with Crippen molar-refractivity contribution in [3.63, 3.8) is 0 Å². The fourth-order valence-corrected chi connectivity index (χ4v) is 4.20. The number of benzene rings is 1. The zero-order chi connectivity index (χ0) is 20.3. The summed E-state index contributed by atoms with van der Waals surface area (Å²) in [6, 6.07) is 3.70. The highest BCUT2D eigenvalue weighted by Crippen LogP contribution is 2.35. The minimum atomic E-state index is -0.341. The summed E-state index contributed by atoms with van der Waals surface area (Å²) in [4.78, 5) is 17.8. The second-order valence-electron chi connectivity index (χ2n) is 6.10. The van der Waals surface area contributed by atoms with Crippen molar-refractivity contribution in [2.75, 3.05) is 27.4 Å². The third kappa shape index (κ3) is 3.67. The molecule has 0 aliphatic carbocycles. The summed E-state index contributed by atoms with van der Waals surface area (Å²) in [6.45, 7) is 5.43. The van der Waals surface area contributed by atoms with Crippen molar-refractivity contribution < 1.29 is 19.0 Å². The molecule has 0 fully saturated rings. The van der Waals surface area contributed by atoms with Crippen molar-refractivity contribution in [1.82, 2.24) is 14.3 Å². The van der Waals surface area contributed by atoms with Crippen LogP contribution in [0.1, 0.15) is 23.0 Å². The number of carbonyl (C=O) groups excluding carboxylic acids is 1. The monoisotopic (exact) mass is 404 g/mol. The Morgan fingerprint density at radius 1 is 1.25 bits per heavy atom. The van der Waals surface area contributed by atoms with Crippen LogP contribution in [-0.4, -0.2) is 47.7 Å². The highest BCUT2D eigenvalue weighted by molar-refractivity contribution is 7.16. The molecule has 0 aliphatic heterocycles. The molecule has 0 N–H and O–H groups in total. The van der Waals surface area contributed by atoms with Gasteiger partial charge in [-0.2, -0.15) is 10.1 Å². The first-order chi connectivity index (χ1) is 13.5. The van der Waals surface area contributed by atoms with Gasteiger partial charge in [-0.25, -0.2) is 0 Å². The van der Waals surface area contributed by atoms with Gasteiger partial charge in [-0.05, 0) is 26.0 Å². The number of hydrogen-bond acceptors (Lipinski definition) is 6. The Morgan fingerprint density at radius 2 is 1.96 bits per heavy atom. The molecule has 0 radical (unpaired) electrons. The van der Waals surface area contributed by atoms with Crippen LogP contribution in [0.3, 0.4) is 0 Å². The molecule has 0 saturated carbocycles. The number of rotatable bonds is 7. The van der Waals surface area contributed by atoms with Gasteiger partial charge >= 0.3 is 0 Å². The maximum atomic E-state index is 12.9. The normalized spacial score (nSPS) is 12.0. The Bertz CT molecular complexity index is 1040. The van der Waals surface area contributed by atoms with Gasteiger partial charge in [0.1, 0.15) is 27.4 Å². The lowest BCUT2D eigenvalue weighted by Crippen LogP contribution is -2.21. The van der Waals surface area contributed by atoms with Gasteiger partial charge in [0.15, 0.2) is 4.80 Å². The van der Waals surface area contributed by atoms with E-state index in [0.29, 0.717) is 41.8 Å². The van der Waals surface area contributed by atoms with E-state index >= 15 is 0 Å². The van der Waals surface area contributed by atoms with Gasteiger partial charge in [0.05, 0.1) is 27.0 Å². The summed E-state index contributed by atoms with van der Waals surface area (Å²) < 4.78 is 20.9. The molecule has 9 heteroatoms. The maximum absolute atomic E-state index is 12.9. The van der Waals surface area contributed by atoms with E-state index in [2.05, 4.69) is 10.1 Å². The van der Waals surface area contributed by atoms with Gasteiger partial charge in [0, 0.05) is 25.8 Å². The highest BCUT2D eigenvalue weighted by Gasteiger charge is 2.18. The number of methoxy groups -OCH3 is 2. The molecule has 0 unspecified atom stereocenters. The Labute approximate surface area is 167 Å². The van der Waals surface area contributed by atoms with Crippen LogP contribution < -0.4 is 14.3 Å². The Hall–Kier alpha value is -2.65. The molecule has 3 rings (SSSR count). The zero-order valence-electron chi connectivity index (χ0n) is 16.7. The van der Waals surface area contributed by atoms with E-state index in [4.69, 9.17) is 14.2 Å². The van der Waals surface area contributed by atoms with E-state index in [0.717, 1.165) is 15.8 Å². The van der Waals surface area contributed by atoms with E-state index in [9.17, 15) is 4.79 Å². The smallest absolute Gasteiger partial charge is 0.298 e. The van der Waals surface area contributed by atoms with Gasteiger partial charge in [-0.3, -0.25) is 9.48 Å². The lowest BCUT2D eigenvalue weighted by molar-refractivity contribution is 0.0987. The Kier molecular flexibility index (Phi) is 6.15. The van der Waals surface area contributed by atoms with Gasteiger partial charge < -0.3 is 18.8 Å². The molecule has 0 aliphatic rings. The molecule has 1 aromatic carbocycles. The van der Waals surface area contributed by atoms with Crippen molar-refractivity contribution >= 4 is 27.5 Å². The first-order valence-corrected chi connectivity index (χ1v) is 9.73. The van der Waals surface area contributed by atoms with Gasteiger partial charge in [-0.15, -0.1) is 0 Å². The predicted molar refractivity (Wildman–Crippen MR) is 107 cm³/mol. The molecule has 0 saturated heterocycles. The number of amides is 1. The molecule has 2 heterocycles. The van der Waals surface area contributed by atoms with Crippen molar-refractivity contribution in [3.05, 3.63) is 34.4 Å². The molecular weight excluding hydrogens is 380 g/mol. The summed E-state index contributed by atoms with van der Waals surface area (Å²) in [5, 5.41) is 4.13. The molecule has 0 atom stereocenters. The highest BCUT2D eigenvalue weighted by atomic mass is 32.1. The standard InChI is InChI=1S/C19H24N4O4S/c1-6-27-10-9-23-16-13(25-4)7-8-14(26-5)17(16)28-19(23)21-18(24)15-12(2)11-20-22(15)3/h7-8,11H,6,9-10H2,1-5H3.